The van der Waals surface area contributed by atoms with E-state index in [0.29, 0.717) is 17.0 Å². The molecule has 1 atom stereocenters. The van der Waals surface area contributed by atoms with Crippen LogP contribution in [0.4, 0.5) is 0 Å². The number of nitrogens with one attached hydrogen (secondary N) is 2. The Morgan fingerprint density at radius 3 is 2.66 bits per heavy atom. The standard InChI is InChI=1S/C22H20ClN5O/c1-2-18(21-24-13-19(26-21)15-8-4-3-5-9-15)27-22(29)16-12-25-28(14-16)20-11-7-6-10-17(20)23/h3-14,18H,2H2,1H3,(H,24,26)(H,27,29). The number of carbonyl (C=O) groups is 1. The van der Waals surface area contributed by atoms with Crippen LogP contribution in [-0.4, -0.2) is 25.7 Å². The summed E-state index contributed by atoms with van der Waals surface area (Å²) < 4.78 is 1.60. The molecule has 0 saturated heterocycles. The third kappa shape index (κ3) is 4.07. The van der Waals surface area contributed by atoms with Crippen LogP contribution in [0.5, 0.6) is 0 Å². The van der Waals surface area contributed by atoms with Gasteiger partial charge in [0.15, 0.2) is 0 Å². The first-order valence-corrected chi connectivity index (χ1v) is 9.74. The molecule has 29 heavy (non-hydrogen) atoms. The lowest BCUT2D eigenvalue weighted by molar-refractivity contribution is 0.0934. The molecule has 0 saturated carbocycles. The first kappa shape index (κ1) is 19.0. The number of hydrogen-bond donors (Lipinski definition) is 2. The van der Waals surface area contributed by atoms with Crippen molar-refractivity contribution in [2.24, 2.45) is 0 Å². The van der Waals surface area contributed by atoms with Crippen LogP contribution in [0.15, 0.2) is 73.2 Å². The maximum atomic E-state index is 12.8. The Kier molecular flexibility index (Phi) is 5.44. The van der Waals surface area contributed by atoms with Crippen molar-refractivity contribution >= 4 is 17.5 Å². The fourth-order valence-corrected chi connectivity index (χ4v) is 3.32. The minimum Gasteiger partial charge on any atom is -0.342 e. The maximum absolute atomic E-state index is 12.8. The summed E-state index contributed by atoms with van der Waals surface area (Å²) in [5.41, 5.74) is 3.14. The van der Waals surface area contributed by atoms with Gasteiger partial charge in [-0.1, -0.05) is 61.0 Å². The number of aromatic amines is 1. The molecule has 0 radical (unpaired) electrons. The molecule has 0 bridgehead atoms. The second-order valence-corrected chi connectivity index (χ2v) is 7.01. The van der Waals surface area contributed by atoms with E-state index in [-0.39, 0.29) is 11.9 Å². The van der Waals surface area contributed by atoms with Crippen LogP contribution in [0.2, 0.25) is 5.02 Å². The van der Waals surface area contributed by atoms with Crippen molar-refractivity contribution in [1.29, 1.82) is 0 Å². The Morgan fingerprint density at radius 2 is 1.90 bits per heavy atom. The topological polar surface area (TPSA) is 75.6 Å². The fraction of sp³-hybridized carbons (Fsp3) is 0.136. The van der Waals surface area contributed by atoms with Gasteiger partial charge in [0, 0.05) is 6.20 Å². The molecule has 4 aromatic rings. The zero-order valence-electron chi connectivity index (χ0n) is 15.8. The molecular weight excluding hydrogens is 386 g/mol. The van der Waals surface area contributed by atoms with Gasteiger partial charge in [0.2, 0.25) is 0 Å². The van der Waals surface area contributed by atoms with Gasteiger partial charge in [-0.3, -0.25) is 4.79 Å². The zero-order valence-corrected chi connectivity index (χ0v) is 16.6. The van der Waals surface area contributed by atoms with Gasteiger partial charge in [-0.05, 0) is 24.1 Å². The van der Waals surface area contributed by atoms with Crippen LogP contribution >= 0.6 is 11.6 Å². The summed E-state index contributed by atoms with van der Waals surface area (Å²) in [7, 11) is 0. The summed E-state index contributed by atoms with van der Waals surface area (Å²) in [6.45, 7) is 2.00. The molecule has 2 heterocycles. The molecule has 0 aliphatic carbocycles. The van der Waals surface area contributed by atoms with Crippen molar-refractivity contribution in [2.75, 3.05) is 0 Å². The number of H-pyrrole nitrogens is 1. The number of rotatable bonds is 6. The third-order valence-electron chi connectivity index (χ3n) is 4.67. The number of para-hydroxylation sites is 1. The Labute approximate surface area is 173 Å². The van der Waals surface area contributed by atoms with E-state index in [4.69, 9.17) is 11.6 Å². The molecule has 0 spiro atoms. The average molecular weight is 406 g/mol. The summed E-state index contributed by atoms with van der Waals surface area (Å²) in [5, 5.41) is 7.86. The molecular formula is C22H20ClN5O. The molecule has 2 aromatic carbocycles. The molecule has 1 amide bonds. The number of nitrogens with zero attached hydrogens (tertiary/aromatic N) is 3. The van der Waals surface area contributed by atoms with Crippen LogP contribution in [0, 0.1) is 0 Å². The summed E-state index contributed by atoms with van der Waals surface area (Å²) in [6.07, 6.45) is 5.69. The number of halogens is 1. The molecule has 0 aliphatic rings. The monoisotopic (exact) mass is 405 g/mol. The van der Waals surface area contributed by atoms with Gasteiger partial charge in [0.1, 0.15) is 5.82 Å². The van der Waals surface area contributed by atoms with Gasteiger partial charge in [0.05, 0.1) is 40.4 Å². The van der Waals surface area contributed by atoms with Gasteiger partial charge in [-0.25, -0.2) is 9.67 Å². The molecule has 0 aliphatic heterocycles. The maximum Gasteiger partial charge on any atom is 0.255 e. The lowest BCUT2D eigenvalue weighted by Gasteiger charge is -2.14. The van der Waals surface area contributed by atoms with E-state index in [1.165, 1.54) is 6.20 Å². The second-order valence-electron chi connectivity index (χ2n) is 6.61. The Balaban J connectivity index is 1.50. The number of aromatic nitrogens is 4. The van der Waals surface area contributed by atoms with Crippen LogP contribution in [0.3, 0.4) is 0 Å². The minimum absolute atomic E-state index is 0.215. The van der Waals surface area contributed by atoms with E-state index in [2.05, 4.69) is 20.4 Å². The van der Waals surface area contributed by atoms with E-state index < -0.39 is 0 Å². The van der Waals surface area contributed by atoms with E-state index in [0.717, 1.165) is 22.8 Å². The fourth-order valence-electron chi connectivity index (χ4n) is 3.09. The van der Waals surface area contributed by atoms with Crippen LogP contribution < -0.4 is 5.32 Å². The van der Waals surface area contributed by atoms with Gasteiger partial charge < -0.3 is 10.3 Å². The highest BCUT2D eigenvalue weighted by atomic mass is 35.5. The first-order chi connectivity index (χ1) is 14.2. The van der Waals surface area contributed by atoms with Crippen molar-refractivity contribution in [3.05, 3.63) is 89.6 Å². The number of carbonyl (C=O) groups excluding carboxylic acids is 1. The summed E-state index contributed by atoms with van der Waals surface area (Å²) >= 11 is 6.21. The van der Waals surface area contributed by atoms with Gasteiger partial charge >= 0.3 is 0 Å². The highest BCUT2D eigenvalue weighted by molar-refractivity contribution is 6.32. The van der Waals surface area contributed by atoms with Gasteiger partial charge in [-0.15, -0.1) is 0 Å². The average Bonchev–Trinajstić information content (AvgIpc) is 3.43. The Bertz CT molecular complexity index is 1120. The lowest BCUT2D eigenvalue weighted by Crippen LogP contribution is -2.28. The first-order valence-electron chi connectivity index (χ1n) is 9.36. The molecule has 0 fully saturated rings. The van der Waals surface area contributed by atoms with Gasteiger partial charge in [0.25, 0.3) is 5.91 Å². The Morgan fingerprint density at radius 1 is 1.14 bits per heavy atom. The predicted molar refractivity (Wildman–Crippen MR) is 113 cm³/mol. The van der Waals surface area contributed by atoms with E-state index in [1.54, 1.807) is 23.1 Å². The molecule has 2 N–H and O–H groups in total. The van der Waals surface area contributed by atoms with Gasteiger partial charge in [-0.2, -0.15) is 5.10 Å². The highest BCUT2D eigenvalue weighted by Crippen LogP contribution is 2.22. The van der Waals surface area contributed by atoms with Crippen molar-refractivity contribution in [3.8, 4) is 16.9 Å². The molecule has 1 unspecified atom stereocenters. The highest BCUT2D eigenvalue weighted by Gasteiger charge is 2.19. The second kappa shape index (κ2) is 8.32. The molecule has 146 valence electrons. The lowest BCUT2D eigenvalue weighted by atomic mass is 10.2. The molecule has 4 rings (SSSR count). The number of amides is 1. The minimum atomic E-state index is -0.233. The normalized spacial score (nSPS) is 11.9. The number of benzene rings is 2. The van der Waals surface area contributed by atoms with Crippen LogP contribution in [0.25, 0.3) is 16.9 Å². The summed E-state index contributed by atoms with van der Waals surface area (Å²) in [4.78, 5) is 20.5. The predicted octanol–water partition coefficient (Wildman–Crippen LogP) is 4.80. The molecule has 7 heteroatoms. The molecule has 6 nitrogen and oxygen atoms in total. The number of imidazole rings is 1. The smallest absolute Gasteiger partial charge is 0.255 e. The van der Waals surface area contributed by atoms with Crippen molar-refractivity contribution in [2.45, 2.75) is 19.4 Å². The van der Waals surface area contributed by atoms with Crippen molar-refractivity contribution in [3.63, 3.8) is 0 Å². The SMILES string of the molecule is CCC(NC(=O)c1cnn(-c2ccccc2Cl)c1)c1ncc(-c2ccccc2)[nH]1. The van der Waals surface area contributed by atoms with Crippen molar-refractivity contribution in [1.82, 2.24) is 25.1 Å². The van der Waals surface area contributed by atoms with Crippen LogP contribution in [-0.2, 0) is 0 Å². The third-order valence-corrected chi connectivity index (χ3v) is 4.99. The zero-order chi connectivity index (χ0) is 20.2. The number of hydrogen-bond acceptors (Lipinski definition) is 3. The molecule has 2 aromatic heterocycles. The van der Waals surface area contributed by atoms with E-state index in [9.17, 15) is 4.79 Å². The van der Waals surface area contributed by atoms with Crippen molar-refractivity contribution < 1.29 is 4.79 Å². The largest absolute Gasteiger partial charge is 0.342 e. The van der Waals surface area contributed by atoms with E-state index in [1.807, 2.05) is 55.5 Å². The van der Waals surface area contributed by atoms with Crippen LogP contribution in [0.1, 0.15) is 35.6 Å². The van der Waals surface area contributed by atoms with E-state index >= 15 is 0 Å². The Hall–Kier alpha value is -3.38. The summed E-state index contributed by atoms with van der Waals surface area (Å²) in [5.74, 6) is 0.506. The summed E-state index contributed by atoms with van der Waals surface area (Å²) in [6, 6.07) is 17.1. The quantitative estimate of drug-likeness (QED) is 0.484.